The van der Waals surface area contributed by atoms with Crippen LogP contribution in [0.1, 0.15) is 31.1 Å². The van der Waals surface area contributed by atoms with Gasteiger partial charge in [-0.15, -0.1) is 6.58 Å². The maximum atomic E-state index is 12.2. The van der Waals surface area contributed by atoms with E-state index in [2.05, 4.69) is 11.9 Å². The summed E-state index contributed by atoms with van der Waals surface area (Å²) in [5.41, 5.74) is 0.863. The molecule has 2 aliphatic rings. The molecule has 0 aromatic heterocycles. The minimum absolute atomic E-state index is 0.170. The second kappa shape index (κ2) is 9.43. The molecule has 2 N–H and O–H groups in total. The van der Waals surface area contributed by atoms with Crippen LogP contribution >= 0.6 is 0 Å². The molecule has 7 heteroatoms. The lowest BCUT2D eigenvalue weighted by atomic mass is 9.95. The molecule has 0 saturated carbocycles. The second-order valence-corrected chi connectivity index (χ2v) is 6.72. The molecule has 2 saturated heterocycles. The van der Waals surface area contributed by atoms with Crippen LogP contribution in [0.25, 0.3) is 0 Å². The van der Waals surface area contributed by atoms with Gasteiger partial charge in [0.15, 0.2) is 12.6 Å². The van der Waals surface area contributed by atoms with Crippen molar-refractivity contribution in [1.29, 1.82) is 0 Å². The third-order valence-electron chi connectivity index (χ3n) is 4.81. The summed E-state index contributed by atoms with van der Waals surface area (Å²) in [6, 6.07) is 8.79. The van der Waals surface area contributed by atoms with Crippen molar-refractivity contribution in [2.24, 2.45) is 0 Å². The van der Waals surface area contributed by atoms with Gasteiger partial charge in [-0.3, -0.25) is 4.79 Å². The van der Waals surface area contributed by atoms with Gasteiger partial charge in [0.05, 0.1) is 6.61 Å². The highest BCUT2D eigenvalue weighted by molar-refractivity contribution is 5.76. The minimum Gasteiger partial charge on any atom is -0.388 e. The summed E-state index contributed by atoms with van der Waals surface area (Å²) >= 11 is 0. The molecule has 27 heavy (non-hydrogen) atoms. The van der Waals surface area contributed by atoms with E-state index in [1.807, 2.05) is 30.3 Å². The van der Waals surface area contributed by atoms with E-state index in [0.29, 0.717) is 12.8 Å². The number of rotatable bonds is 7. The zero-order valence-electron chi connectivity index (χ0n) is 15.5. The van der Waals surface area contributed by atoms with Gasteiger partial charge < -0.3 is 29.4 Å². The number of hydrogen-bond donors (Lipinski definition) is 2. The van der Waals surface area contributed by atoms with Gasteiger partial charge in [-0.05, 0) is 12.8 Å². The summed E-state index contributed by atoms with van der Waals surface area (Å²) in [7, 11) is 1.48. The van der Waals surface area contributed by atoms with E-state index in [9.17, 15) is 9.90 Å². The first-order valence-corrected chi connectivity index (χ1v) is 9.22. The molecule has 1 amide bonds. The molecule has 2 fully saturated rings. The highest BCUT2D eigenvalue weighted by Crippen LogP contribution is 2.34. The van der Waals surface area contributed by atoms with E-state index in [0.717, 1.165) is 12.0 Å². The number of unbranched alkanes of at least 4 members (excludes halogenated alkanes) is 1. The van der Waals surface area contributed by atoms with Crippen LogP contribution in [-0.4, -0.2) is 55.4 Å². The standard InChI is InChI=1S/C20H27NO6/c1-3-4-6-11-15(22)21-16-17(23)18-14(26-20(16)24-2)12-25-19(27-18)13-9-7-5-8-10-13/h3,5,7-10,14,16-20,23H,1,4,6,11-12H2,2H3,(H,21,22)/t14-,16-,17-,18-,19?,20+/m1/s1. The summed E-state index contributed by atoms with van der Waals surface area (Å²) in [6.45, 7) is 3.91. The van der Waals surface area contributed by atoms with Crippen LogP contribution in [0.3, 0.4) is 0 Å². The van der Waals surface area contributed by atoms with Crippen LogP contribution in [0.4, 0.5) is 0 Å². The highest BCUT2D eigenvalue weighted by atomic mass is 16.7. The molecule has 0 spiro atoms. The molecule has 0 radical (unpaired) electrons. The van der Waals surface area contributed by atoms with Crippen LogP contribution in [0.15, 0.2) is 43.0 Å². The van der Waals surface area contributed by atoms with Crippen molar-refractivity contribution in [2.45, 2.75) is 56.2 Å². The maximum Gasteiger partial charge on any atom is 0.220 e. The molecule has 2 aliphatic heterocycles. The molecular formula is C20H27NO6. The van der Waals surface area contributed by atoms with Gasteiger partial charge in [0.1, 0.15) is 24.4 Å². The fraction of sp³-hybridized carbons (Fsp3) is 0.550. The van der Waals surface area contributed by atoms with Crippen molar-refractivity contribution in [3.05, 3.63) is 48.6 Å². The molecule has 0 bridgehead atoms. The zero-order valence-corrected chi connectivity index (χ0v) is 15.5. The minimum atomic E-state index is -0.979. The van der Waals surface area contributed by atoms with Crippen LogP contribution in [0.2, 0.25) is 0 Å². The predicted molar refractivity (Wildman–Crippen MR) is 97.7 cm³/mol. The summed E-state index contributed by atoms with van der Waals surface area (Å²) in [4.78, 5) is 12.2. The molecule has 6 atom stereocenters. The van der Waals surface area contributed by atoms with Gasteiger partial charge in [0.25, 0.3) is 0 Å². The Kier molecular flexibility index (Phi) is 6.98. The van der Waals surface area contributed by atoms with Crippen LogP contribution in [0.5, 0.6) is 0 Å². The lowest BCUT2D eigenvalue weighted by molar-refractivity contribution is -0.341. The van der Waals surface area contributed by atoms with Crippen molar-refractivity contribution in [3.63, 3.8) is 0 Å². The van der Waals surface area contributed by atoms with E-state index in [4.69, 9.17) is 18.9 Å². The fourth-order valence-corrected chi connectivity index (χ4v) is 3.39. The number of allylic oxidation sites excluding steroid dienone is 1. The zero-order chi connectivity index (χ0) is 19.2. The van der Waals surface area contributed by atoms with E-state index in [-0.39, 0.29) is 12.5 Å². The molecule has 148 valence electrons. The predicted octanol–water partition coefficient (Wildman–Crippen LogP) is 1.67. The summed E-state index contributed by atoms with van der Waals surface area (Å²) in [6.07, 6.45) is 0.126. The molecule has 1 aromatic carbocycles. The summed E-state index contributed by atoms with van der Waals surface area (Å²) in [5, 5.41) is 13.7. The number of benzene rings is 1. The molecule has 7 nitrogen and oxygen atoms in total. The number of aliphatic hydroxyl groups is 1. The Morgan fingerprint density at radius 1 is 1.37 bits per heavy atom. The largest absolute Gasteiger partial charge is 0.388 e. The van der Waals surface area contributed by atoms with Gasteiger partial charge >= 0.3 is 0 Å². The van der Waals surface area contributed by atoms with Gasteiger partial charge in [0, 0.05) is 19.1 Å². The normalized spacial score (nSPS) is 33.1. The smallest absolute Gasteiger partial charge is 0.220 e. The van der Waals surface area contributed by atoms with Crippen molar-refractivity contribution in [1.82, 2.24) is 5.32 Å². The SMILES string of the molecule is C=CCCCC(=O)N[C@H]1[C@@H](OC)O[C@@H]2COC(c3ccccc3)O[C@H]2[C@@H]1O. The molecule has 2 heterocycles. The van der Waals surface area contributed by atoms with Crippen LogP contribution in [-0.2, 0) is 23.7 Å². The van der Waals surface area contributed by atoms with E-state index in [1.165, 1.54) is 7.11 Å². The molecule has 0 aliphatic carbocycles. The van der Waals surface area contributed by atoms with Crippen molar-refractivity contribution in [2.75, 3.05) is 13.7 Å². The van der Waals surface area contributed by atoms with E-state index < -0.39 is 36.9 Å². The number of ether oxygens (including phenoxy) is 4. The lowest BCUT2D eigenvalue weighted by Gasteiger charge is -2.47. The number of hydrogen-bond acceptors (Lipinski definition) is 6. The van der Waals surface area contributed by atoms with Gasteiger partial charge in [-0.2, -0.15) is 0 Å². The number of fused-ring (bicyclic) bond motifs is 1. The number of carbonyl (C=O) groups is 1. The average Bonchev–Trinajstić information content (AvgIpc) is 2.70. The number of carbonyl (C=O) groups excluding carboxylic acids is 1. The maximum absolute atomic E-state index is 12.2. The van der Waals surface area contributed by atoms with Gasteiger partial charge in [-0.1, -0.05) is 36.4 Å². The quantitative estimate of drug-likeness (QED) is 0.555. The Hall–Kier alpha value is -1.77. The van der Waals surface area contributed by atoms with Gasteiger partial charge in [-0.25, -0.2) is 0 Å². The topological polar surface area (TPSA) is 86.3 Å². The fourth-order valence-electron chi connectivity index (χ4n) is 3.39. The average molecular weight is 377 g/mol. The monoisotopic (exact) mass is 377 g/mol. The first-order chi connectivity index (χ1) is 13.1. The second-order valence-electron chi connectivity index (χ2n) is 6.72. The number of methoxy groups -OCH3 is 1. The van der Waals surface area contributed by atoms with E-state index in [1.54, 1.807) is 6.08 Å². The Labute approximate surface area is 159 Å². The Bertz CT molecular complexity index is 624. The first kappa shape index (κ1) is 20.0. The Morgan fingerprint density at radius 2 is 2.15 bits per heavy atom. The number of nitrogens with one attached hydrogen (secondary N) is 1. The van der Waals surface area contributed by atoms with Crippen molar-refractivity contribution >= 4 is 5.91 Å². The van der Waals surface area contributed by atoms with Gasteiger partial charge in [0.2, 0.25) is 5.91 Å². The molecule has 1 unspecified atom stereocenters. The van der Waals surface area contributed by atoms with Crippen molar-refractivity contribution < 1.29 is 28.8 Å². The summed E-state index contributed by atoms with van der Waals surface area (Å²) < 4.78 is 22.9. The molecule has 3 rings (SSSR count). The third kappa shape index (κ3) is 4.75. The lowest BCUT2D eigenvalue weighted by Crippen LogP contribution is -2.66. The first-order valence-electron chi connectivity index (χ1n) is 9.22. The van der Waals surface area contributed by atoms with Crippen molar-refractivity contribution in [3.8, 4) is 0 Å². The third-order valence-corrected chi connectivity index (χ3v) is 4.81. The molecular weight excluding hydrogens is 350 g/mol. The van der Waals surface area contributed by atoms with Crippen LogP contribution < -0.4 is 5.32 Å². The number of amides is 1. The molecule has 1 aromatic rings. The van der Waals surface area contributed by atoms with E-state index >= 15 is 0 Å². The summed E-state index contributed by atoms with van der Waals surface area (Å²) in [5.74, 6) is -0.170. The van der Waals surface area contributed by atoms with Crippen LogP contribution in [0, 0.1) is 0 Å². The Morgan fingerprint density at radius 3 is 2.85 bits per heavy atom. The Balaban J connectivity index is 1.67. The highest BCUT2D eigenvalue weighted by Gasteiger charge is 2.50. The number of aliphatic hydroxyl groups excluding tert-OH is 1.